The maximum Gasteiger partial charge on any atom is 0.271 e. The molecule has 0 aliphatic carbocycles. The zero-order valence-corrected chi connectivity index (χ0v) is 8.14. The summed E-state index contributed by atoms with van der Waals surface area (Å²) in [5, 5.41) is 11.8. The summed E-state index contributed by atoms with van der Waals surface area (Å²) in [7, 11) is 0. The van der Waals surface area contributed by atoms with Crippen LogP contribution in [-0.4, -0.2) is 33.1 Å². The minimum atomic E-state index is -0.587. The molecule has 2 N–H and O–H groups in total. The lowest BCUT2D eigenvalue weighted by Crippen LogP contribution is -2.40. The lowest BCUT2D eigenvalue weighted by Gasteiger charge is -2.15. The van der Waals surface area contributed by atoms with Gasteiger partial charge < -0.3 is 10.4 Å². The average molecular weight is 195 g/mol. The molecule has 2 unspecified atom stereocenters. The summed E-state index contributed by atoms with van der Waals surface area (Å²) in [5.41, 5.74) is 0.250. The van der Waals surface area contributed by atoms with Crippen LogP contribution >= 0.6 is 0 Å². The molecule has 1 heterocycles. The van der Waals surface area contributed by atoms with E-state index in [0.717, 1.165) is 0 Å². The molecule has 14 heavy (non-hydrogen) atoms. The van der Waals surface area contributed by atoms with Crippen molar-refractivity contribution in [2.45, 2.75) is 26.0 Å². The van der Waals surface area contributed by atoms with E-state index in [-0.39, 0.29) is 17.6 Å². The number of hydrogen-bond donors (Lipinski definition) is 2. The Labute approximate surface area is 82.2 Å². The van der Waals surface area contributed by atoms with Gasteiger partial charge in [0.2, 0.25) is 0 Å². The molecule has 2 atom stereocenters. The number of carbonyl (C=O) groups excluding carboxylic acids is 1. The van der Waals surface area contributed by atoms with Crippen molar-refractivity contribution in [1.82, 2.24) is 15.3 Å². The Bertz CT molecular complexity index is 300. The van der Waals surface area contributed by atoms with Crippen LogP contribution in [0.4, 0.5) is 0 Å². The number of rotatable bonds is 3. The summed E-state index contributed by atoms with van der Waals surface area (Å²) < 4.78 is 0. The summed E-state index contributed by atoms with van der Waals surface area (Å²) in [6.07, 6.45) is 3.73. The maximum absolute atomic E-state index is 11.4. The van der Waals surface area contributed by atoms with Crippen molar-refractivity contribution in [3.8, 4) is 0 Å². The fourth-order valence-electron chi connectivity index (χ4n) is 0.818. The van der Waals surface area contributed by atoms with Crippen LogP contribution in [0.25, 0.3) is 0 Å². The molecular formula is C9H13N3O2. The monoisotopic (exact) mass is 195 g/mol. The van der Waals surface area contributed by atoms with Gasteiger partial charge in [-0.3, -0.25) is 9.78 Å². The van der Waals surface area contributed by atoms with Crippen LogP contribution in [0.1, 0.15) is 24.3 Å². The van der Waals surface area contributed by atoms with E-state index in [2.05, 4.69) is 15.3 Å². The third kappa shape index (κ3) is 2.77. The highest BCUT2D eigenvalue weighted by Gasteiger charge is 2.13. The highest BCUT2D eigenvalue weighted by molar-refractivity contribution is 5.92. The predicted molar refractivity (Wildman–Crippen MR) is 50.6 cm³/mol. The van der Waals surface area contributed by atoms with Crippen molar-refractivity contribution >= 4 is 5.91 Å². The maximum atomic E-state index is 11.4. The summed E-state index contributed by atoms with van der Waals surface area (Å²) in [6, 6.07) is -0.301. The Morgan fingerprint density at radius 3 is 2.71 bits per heavy atom. The first-order valence-corrected chi connectivity index (χ1v) is 4.36. The Kier molecular flexibility index (Phi) is 3.53. The van der Waals surface area contributed by atoms with Crippen LogP contribution in [0, 0.1) is 0 Å². The minimum Gasteiger partial charge on any atom is -0.391 e. The molecule has 0 bridgehead atoms. The molecule has 76 valence electrons. The van der Waals surface area contributed by atoms with Crippen LogP contribution in [-0.2, 0) is 0 Å². The largest absolute Gasteiger partial charge is 0.391 e. The van der Waals surface area contributed by atoms with Gasteiger partial charge >= 0.3 is 0 Å². The number of nitrogens with zero attached hydrogens (tertiary/aromatic N) is 2. The molecular weight excluding hydrogens is 182 g/mol. The third-order valence-electron chi connectivity index (χ3n) is 1.88. The van der Waals surface area contributed by atoms with Crippen LogP contribution in [0.3, 0.4) is 0 Å². The number of amides is 1. The number of nitrogens with one attached hydrogen (secondary N) is 1. The van der Waals surface area contributed by atoms with E-state index in [1.165, 1.54) is 18.6 Å². The van der Waals surface area contributed by atoms with Gasteiger partial charge in [0.15, 0.2) is 0 Å². The summed E-state index contributed by atoms with van der Waals surface area (Å²) in [5.74, 6) is -0.327. The van der Waals surface area contributed by atoms with E-state index in [1.54, 1.807) is 13.8 Å². The molecule has 1 rings (SSSR count). The van der Waals surface area contributed by atoms with E-state index in [0.29, 0.717) is 0 Å². The van der Waals surface area contributed by atoms with Gasteiger partial charge in [0.05, 0.1) is 18.3 Å². The van der Waals surface area contributed by atoms with Gasteiger partial charge in [-0.1, -0.05) is 0 Å². The SMILES string of the molecule is CC(O)C(C)NC(=O)c1cnccn1. The molecule has 5 nitrogen and oxygen atoms in total. The summed E-state index contributed by atoms with van der Waals surface area (Å²) in [6.45, 7) is 3.33. The predicted octanol–water partition coefficient (Wildman–Crippen LogP) is -0.0243. The fraction of sp³-hybridized carbons (Fsp3) is 0.444. The van der Waals surface area contributed by atoms with E-state index in [9.17, 15) is 4.79 Å². The number of aliphatic hydroxyl groups is 1. The normalized spacial score (nSPS) is 14.5. The molecule has 0 aliphatic rings. The summed E-state index contributed by atoms with van der Waals surface area (Å²) in [4.78, 5) is 19.0. The van der Waals surface area contributed by atoms with E-state index >= 15 is 0 Å². The number of hydrogen-bond acceptors (Lipinski definition) is 4. The van der Waals surface area contributed by atoms with Gasteiger partial charge in [0, 0.05) is 12.4 Å². The molecule has 5 heteroatoms. The topological polar surface area (TPSA) is 75.1 Å². The molecule has 1 aromatic heterocycles. The average Bonchev–Trinajstić information content (AvgIpc) is 2.19. The van der Waals surface area contributed by atoms with Gasteiger partial charge in [-0.15, -0.1) is 0 Å². The lowest BCUT2D eigenvalue weighted by atomic mass is 10.2. The molecule has 1 aromatic rings. The van der Waals surface area contributed by atoms with Gasteiger partial charge in [-0.25, -0.2) is 4.98 Å². The van der Waals surface area contributed by atoms with E-state index < -0.39 is 6.10 Å². The second-order valence-corrected chi connectivity index (χ2v) is 3.09. The van der Waals surface area contributed by atoms with Crippen molar-refractivity contribution in [3.63, 3.8) is 0 Å². The van der Waals surface area contributed by atoms with E-state index in [4.69, 9.17) is 5.11 Å². The molecule has 0 aromatic carbocycles. The van der Waals surface area contributed by atoms with Crippen LogP contribution < -0.4 is 5.32 Å². The number of aliphatic hydroxyl groups excluding tert-OH is 1. The van der Waals surface area contributed by atoms with Crippen LogP contribution in [0.2, 0.25) is 0 Å². The molecule has 1 amide bonds. The van der Waals surface area contributed by atoms with Crippen molar-refractivity contribution in [3.05, 3.63) is 24.3 Å². The summed E-state index contributed by atoms with van der Waals surface area (Å²) >= 11 is 0. The standard InChI is InChI=1S/C9H13N3O2/c1-6(7(2)13)12-9(14)8-5-10-3-4-11-8/h3-7,13H,1-2H3,(H,12,14). The van der Waals surface area contributed by atoms with Gasteiger partial charge in [0.1, 0.15) is 5.69 Å². The fourth-order valence-corrected chi connectivity index (χ4v) is 0.818. The molecule has 0 saturated heterocycles. The lowest BCUT2D eigenvalue weighted by molar-refractivity contribution is 0.0868. The van der Waals surface area contributed by atoms with Crippen LogP contribution in [0.5, 0.6) is 0 Å². The first-order valence-electron chi connectivity index (χ1n) is 4.36. The van der Waals surface area contributed by atoms with Crippen LogP contribution in [0.15, 0.2) is 18.6 Å². The van der Waals surface area contributed by atoms with Crippen molar-refractivity contribution in [1.29, 1.82) is 0 Å². The Morgan fingerprint density at radius 1 is 1.50 bits per heavy atom. The first kappa shape index (κ1) is 10.6. The zero-order valence-electron chi connectivity index (χ0n) is 8.14. The number of carbonyl (C=O) groups is 1. The smallest absolute Gasteiger partial charge is 0.271 e. The van der Waals surface area contributed by atoms with Crippen molar-refractivity contribution < 1.29 is 9.90 Å². The van der Waals surface area contributed by atoms with Gasteiger partial charge in [0.25, 0.3) is 5.91 Å². The molecule has 0 radical (unpaired) electrons. The Hall–Kier alpha value is -1.49. The minimum absolute atomic E-state index is 0.250. The Morgan fingerprint density at radius 2 is 2.21 bits per heavy atom. The molecule has 0 aliphatic heterocycles. The first-order chi connectivity index (χ1) is 6.61. The second-order valence-electron chi connectivity index (χ2n) is 3.09. The van der Waals surface area contributed by atoms with Crippen molar-refractivity contribution in [2.24, 2.45) is 0 Å². The molecule has 0 fully saturated rings. The zero-order chi connectivity index (χ0) is 10.6. The molecule has 0 spiro atoms. The molecule has 0 saturated carbocycles. The highest BCUT2D eigenvalue weighted by atomic mass is 16.3. The number of aromatic nitrogens is 2. The quantitative estimate of drug-likeness (QED) is 0.710. The van der Waals surface area contributed by atoms with Gasteiger partial charge in [-0.05, 0) is 13.8 Å². The van der Waals surface area contributed by atoms with Gasteiger partial charge in [-0.2, -0.15) is 0 Å². The van der Waals surface area contributed by atoms with Crippen molar-refractivity contribution in [2.75, 3.05) is 0 Å². The third-order valence-corrected chi connectivity index (χ3v) is 1.88. The Balaban J connectivity index is 2.60. The van der Waals surface area contributed by atoms with E-state index in [1.807, 2.05) is 0 Å². The second kappa shape index (κ2) is 4.66. The highest BCUT2D eigenvalue weighted by Crippen LogP contribution is 1.95.